The number of anilines is 2. The van der Waals surface area contributed by atoms with Gasteiger partial charge in [0.15, 0.2) is 0 Å². The molecule has 0 spiro atoms. The first-order valence-electron chi connectivity index (χ1n) is 8.03. The van der Waals surface area contributed by atoms with Crippen molar-refractivity contribution in [3.05, 3.63) is 58.1 Å². The number of nitrogens with one attached hydrogen (secondary N) is 1. The van der Waals surface area contributed by atoms with Crippen molar-refractivity contribution in [3.8, 4) is 5.75 Å². The summed E-state index contributed by atoms with van der Waals surface area (Å²) >= 11 is 0. The zero-order chi connectivity index (χ0) is 18.7. The van der Waals surface area contributed by atoms with Crippen LogP contribution in [-0.2, 0) is 9.59 Å². The number of carbonyl (C=O) groups excluding carboxylic acids is 2. The lowest BCUT2D eigenvalue weighted by Crippen LogP contribution is -2.37. The standard InChI is InChI=1S/C18H17N3O5/c1-12-13(5-4-7-14(12)21(24)25)19-17(22)11-20-15-6-2-3-8-16(15)26-10-9-18(20)23/h2-8H,9-11H2,1H3,(H,19,22). The van der Waals surface area contributed by atoms with Crippen molar-refractivity contribution in [1.82, 2.24) is 0 Å². The predicted octanol–water partition coefficient (Wildman–Crippen LogP) is 2.66. The van der Waals surface area contributed by atoms with E-state index in [1.165, 1.54) is 17.0 Å². The molecule has 0 saturated carbocycles. The normalized spacial score (nSPS) is 13.4. The molecule has 134 valence electrons. The van der Waals surface area contributed by atoms with Crippen LogP contribution in [0.25, 0.3) is 0 Å². The van der Waals surface area contributed by atoms with Crippen LogP contribution in [0.5, 0.6) is 5.75 Å². The summed E-state index contributed by atoms with van der Waals surface area (Å²) in [5.41, 5.74) is 1.15. The highest BCUT2D eigenvalue weighted by molar-refractivity contribution is 6.04. The van der Waals surface area contributed by atoms with Crippen LogP contribution in [0.4, 0.5) is 17.1 Å². The van der Waals surface area contributed by atoms with Crippen molar-refractivity contribution in [1.29, 1.82) is 0 Å². The molecule has 8 nitrogen and oxygen atoms in total. The van der Waals surface area contributed by atoms with Gasteiger partial charge in [-0.3, -0.25) is 24.6 Å². The molecular formula is C18H17N3O5. The lowest BCUT2D eigenvalue weighted by atomic mass is 10.1. The van der Waals surface area contributed by atoms with E-state index in [-0.39, 0.29) is 31.2 Å². The fourth-order valence-corrected chi connectivity index (χ4v) is 2.78. The Kier molecular flexibility index (Phi) is 4.83. The first-order valence-corrected chi connectivity index (χ1v) is 8.03. The van der Waals surface area contributed by atoms with Gasteiger partial charge in [0, 0.05) is 6.07 Å². The molecule has 0 unspecified atom stereocenters. The molecule has 1 aliphatic rings. The highest BCUT2D eigenvalue weighted by Gasteiger charge is 2.25. The maximum absolute atomic E-state index is 12.5. The summed E-state index contributed by atoms with van der Waals surface area (Å²) in [7, 11) is 0. The van der Waals surface area contributed by atoms with E-state index in [0.29, 0.717) is 22.7 Å². The maximum Gasteiger partial charge on any atom is 0.274 e. The van der Waals surface area contributed by atoms with Crippen molar-refractivity contribution >= 4 is 28.9 Å². The number of carbonyl (C=O) groups is 2. The van der Waals surface area contributed by atoms with Gasteiger partial charge in [0.25, 0.3) is 5.69 Å². The first-order chi connectivity index (χ1) is 12.5. The summed E-state index contributed by atoms with van der Waals surface area (Å²) in [6.07, 6.45) is 0.164. The molecule has 0 fully saturated rings. The number of amides is 2. The molecule has 0 bridgehead atoms. The number of nitro groups is 1. The van der Waals surface area contributed by atoms with E-state index in [1.807, 2.05) is 0 Å². The van der Waals surface area contributed by atoms with Crippen molar-refractivity contribution < 1.29 is 19.2 Å². The average molecular weight is 355 g/mol. The third kappa shape index (κ3) is 3.49. The number of hydrogen-bond acceptors (Lipinski definition) is 5. The van der Waals surface area contributed by atoms with Crippen molar-refractivity contribution in [2.75, 3.05) is 23.4 Å². The van der Waals surface area contributed by atoms with Gasteiger partial charge < -0.3 is 10.1 Å². The van der Waals surface area contributed by atoms with Crippen LogP contribution < -0.4 is 15.0 Å². The Balaban J connectivity index is 1.81. The molecule has 1 N–H and O–H groups in total. The van der Waals surface area contributed by atoms with Crippen molar-refractivity contribution in [2.45, 2.75) is 13.3 Å². The Morgan fingerprint density at radius 3 is 2.81 bits per heavy atom. The van der Waals surface area contributed by atoms with E-state index in [0.717, 1.165) is 0 Å². The molecule has 0 atom stereocenters. The largest absolute Gasteiger partial charge is 0.491 e. The Morgan fingerprint density at radius 2 is 2.04 bits per heavy atom. The van der Waals surface area contributed by atoms with Gasteiger partial charge in [-0.1, -0.05) is 18.2 Å². The minimum absolute atomic E-state index is 0.0765. The summed E-state index contributed by atoms with van der Waals surface area (Å²) in [5, 5.41) is 13.7. The van der Waals surface area contributed by atoms with Gasteiger partial charge in [0.05, 0.1) is 34.9 Å². The fraction of sp³-hybridized carbons (Fsp3) is 0.222. The molecule has 0 aromatic heterocycles. The topological polar surface area (TPSA) is 102 Å². The number of nitro benzene ring substituents is 1. The van der Waals surface area contributed by atoms with Crippen LogP contribution in [0, 0.1) is 17.0 Å². The smallest absolute Gasteiger partial charge is 0.274 e. The van der Waals surface area contributed by atoms with Gasteiger partial charge in [0.1, 0.15) is 12.3 Å². The monoisotopic (exact) mass is 355 g/mol. The molecular weight excluding hydrogens is 338 g/mol. The average Bonchev–Trinajstić information content (AvgIpc) is 2.76. The molecule has 2 amide bonds. The molecule has 26 heavy (non-hydrogen) atoms. The van der Waals surface area contributed by atoms with Gasteiger partial charge >= 0.3 is 0 Å². The van der Waals surface area contributed by atoms with E-state index in [9.17, 15) is 19.7 Å². The van der Waals surface area contributed by atoms with Crippen LogP contribution in [0.2, 0.25) is 0 Å². The van der Waals surface area contributed by atoms with Crippen LogP contribution >= 0.6 is 0 Å². The van der Waals surface area contributed by atoms with Gasteiger partial charge in [0.2, 0.25) is 11.8 Å². The highest BCUT2D eigenvalue weighted by Crippen LogP contribution is 2.31. The second kappa shape index (κ2) is 7.22. The number of hydrogen-bond donors (Lipinski definition) is 1. The molecule has 1 heterocycles. The Morgan fingerprint density at radius 1 is 1.27 bits per heavy atom. The number of para-hydroxylation sites is 2. The SMILES string of the molecule is Cc1c(NC(=O)CN2C(=O)CCOc3ccccc32)cccc1[N+](=O)[O-]. The quantitative estimate of drug-likeness (QED) is 0.671. The van der Waals surface area contributed by atoms with Gasteiger partial charge in [-0.15, -0.1) is 0 Å². The lowest BCUT2D eigenvalue weighted by Gasteiger charge is -2.21. The lowest BCUT2D eigenvalue weighted by molar-refractivity contribution is -0.385. The van der Waals surface area contributed by atoms with Crippen LogP contribution in [0.3, 0.4) is 0 Å². The number of ether oxygens (including phenoxy) is 1. The highest BCUT2D eigenvalue weighted by atomic mass is 16.6. The third-order valence-electron chi connectivity index (χ3n) is 4.11. The molecule has 1 aliphatic heterocycles. The first kappa shape index (κ1) is 17.4. The third-order valence-corrected chi connectivity index (χ3v) is 4.11. The minimum atomic E-state index is -0.503. The van der Waals surface area contributed by atoms with E-state index < -0.39 is 10.8 Å². The van der Waals surface area contributed by atoms with Gasteiger partial charge in [-0.05, 0) is 25.1 Å². The van der Waals surface area contributed by atoms with Gasteiger partial charge in [-0.25, -0.2) is 0 Å². The zero-order valence-corrected chi connectivity index (χ0v) is 14.1. The molecule has 2 aromatic carbocycles. The number of rotatable bonds is 4. The summed E-state index contributed by atoms with van der Waals surface area (Å²) in [4.78, 5) is 36.7. The summed E-state index contributed by atoms with van der Waals surface area (Å²) < 4.78 is 5.54. The molecule has 8 heteroatoms. The molecule has 2 aromatic rings. The predicted molar refractivity (Wildman–Crippen MR) is 95.4 cm³/mol. The van der Waals surface area contributed by atoms with Gasteiger partial charge in [-0.2, -0.15) is 0 Å². The summed E-state index contributed by atoms with van der Waals surface area (Å²) in [6, 6.07) is 11.5. The van der Waals surface area contributed by atoms with E-state index in [4.69, 9.17) is 4.74 Å². The van der Waals surface area contributed by atoms with Crippen molar-refractivity contribution in [3.63, 3.8) is 0 Å². The van der Waals surface area contributed by atoms with E-state index in [2.05, 4.69) is 5.32 Å². The molecule has 0 saturated heterocycles. The fourth-order valence-electron chi connectivity index (χ4n) is 2.78. The molecule has 0 radical (unpaired) electrons. The second-order valence-electron chi connectivity index (χ2n) is 5.80. The van der Waals surface area contributed by atoms with E-state index >= 15 is 0 Å². The van der Waals surface area contributed by atoms with Crippen LogP contribution in [0.15, 0.2) is 42.5 Å². The summed E-state index contributed by atoms with van der Waals surface area (Å²) in [6.45, 7) is 1.60. The number of benzene rings is 2. The zero-order valence-electron chi connectivity index (χ0n) is 14.1. The summed E-state index contributed by atoms with van der Waals surface area (Å²) in [5.74, 6) is -0.128. The number of fused-ring (bicyclic) bond motifs is 1. The Hall–Kier alpha value is -3.42. The minimum Gasteiger partial charge on any atom is -0.491 e. The second-order valence-corrected chi connectivity index (χ2v) is 5.80. The maximum atomic E-state index is 12.5. The Bertz CT molecular complexity index is 881. The van der Waals surface area contributed by atoms with E-state index in [1.54, 1.807) is 37.3 Å². The molecule has 3 rings (SSSR count). The van der Waals surface area contributed by atoms with Crippen molar-refractivity contribution in [2.24, 2.45) is 0 Å². The number of nitrogens with zero attached hydrogens (tertiary/aromatic N) is 2. The molecule has 0 aliphatic carbocycles. The van der Waals surface area contributed by atoms with Crippen LogP contribution in [-0.4, -0.2) is 29.9 Å². The Labute approximate surface area is 149 Å². The van der Waals surface area contributed by atoms with Crippen LogP contribution in [0.1, 0.15) is 12.0 Å².